The predicted molar refractivity (Wildman–Crippen MR) is 74.4 cm³/mol. The van der Waals surface area contributed by atoms with Crippen LogP contribution in [0.4, 0.5) is 0 Å². The highest BCUT2D eigenvalue weighted by atomic mass is 16.5. The minimum Gasteiger partial charge on any atom is -0.374 e. The molecule has 0 saturated heterocycles. The van der Waals surface area contributed by atoms with E-state index in [0.717, 1.165) is 25.6 Å². The van der Waals surface area contributed by atoms with Gasteiger partial charge in [0.1, 0.15) is 0 Å². The summed E-state index contributed by atoms with van der Waals surface area (Å²) in [6, 6.07) is 0. The van der Waals surface area contributed by atoms with Gasteiger partial charge in [-0.05, 0) is 31.7 Å². The fourth-order valence-electron chi connectivity index (χ4n) is 2.61. The van der Waals surface area contributed by atoms with Crippen LogP contribution in [0, 0.1) is 5.92 Å². The third kappa shape index (κ3) is 5.87. The van der Waals surface area contributed by atoms with Crippen LogP contribution in [0.5, 0.6) is 0 Å². The van der Waals surface area contributed by atoms with Crippen molar-refractivity contribution in [3.8, 4) is 0 Å². The molecule has 1 aliphatic rings. The first-order valence-corrected chi connectivity index (χ1v) is 7.53. The second-order valence-electron chi connectivity index (χ2n) is 5.91. The molecule has 0 unspecified atom stereocenters. The van der Waals surface area contributed by atoms with Gasteiger partial charge in [-0.2, -0.15) is 0 Å². The van der Waals surface area contributed by atoms with Gasteiger partial charge in [-0.3, -0.25) is 0 Å². The van der Waals surface area contributed by atoms with Gasteiger partial charge in [-0.1, -0.05) is 46.5 Å². The Bertz CT molecular complexity index is 183. The molecule has 0 aromatic carbocycles. The lowest BCUT2D eigenvalue weighted by atomic mass is 9.93. The van der Waals surface area contributed by atoms with Gasteiger partial charge in [0.05, 0.1) is 5.60 Å². The molecule has 2 heteroatoms. The lowest BCUT2D eigenvalue weighted by Gasteiger charge is -2.33. The van der Waals surface area contributed by atoms with Gasteiger partial charge < -0.3 is 10.1 Å². The van der Waals surface area contributed by atoms with E-state index in [1.807, 2.05) is 0 Å². The van der Waals surface area contributed by atoms with Gasteiger partial charge in [0.2, 0.25) is 0 Å². The second-order valence-corrected chi connectivity index (χ2v) is 5.91. The van der Waals surface area contributed by atoms with Gasteiger partial charge in [0.25, 0.3) is 0 Å². The zero-order valence-electron chi connectivity index (χ0n) is 12.1. The largest absolute Gasteiger partial charge is 0.374 e. The monoisotopic (exact) mass is 241 g/mol. The Morgan fingerprint density at radius 3 is 2.29 bits per heavy atom. The van der Waals surface area contributed by atoms with E-state index in [2.05, 4.69) is 26.1 Å². The zero-order valence-corrected chi connectivity index (χ0v) is 12.1. The van der Waals surface area contributed by atoms with Crippen LogP contribution in [0.15, 0.2) is 0 Å². The minimum atomic E-state index is 0.140. The molecule has 0 heterocycles. The molecule has 17 heavy (non-hydrogen) atoms. The number of hydrogen-bond donors (Lipinski definition) is 1. The molecule has 0 radical (unpaired) electrons. The normalized spacial score (nSPS) is 20.5. The Morgan fingerprint density at radius 1 is 1.12 bits per heavy atom. The number of likely N-dealkylation sites (N-methyl/N-ethyl adjacent to an activating group) is 1. The summed E-state index contributed by atoms with van der Waals surface area (Å²) in [6.07, 6.45) is 9.15. The fourth-order valence-corrected chi connectivity index (χ4v) is 2.61. The van der Waals surface area contributed by atoms with E-state index < -0.39 is 0 Å². The first-order chi connectivity index (χ1) is 8.18. The van der Waals surface area contributed by atoms with Crippen LogP contribution >= 0.6 is 0 Å². The molecule has 0 spiro atoms. The maximum atomic E-state index is 6.30. The van der Waals surface area contributed by atoms with Gasteiger partial charge >= 0.3 is 0 Å². The molecule has 0 amide bonds. The summed E-state index contributed by atoms with van der Waals surface area (Å²) >= 11 is 0. The summed E-state index contributed by atoms with van der Waals surface area (Å²) in [5.74, 6) is 0.747. The molecule has 0 bridgehead atoms. The minimum absolute atomic E-state index is 0.140. The Labute approximate surface area is 108 Å². The van der Waals surface area contributed by atoms with Crippen molar-refractivity contribution >= 4 is 0 Å². The van der Waals surface area contributed by atoms with Crippen molar-refractivity contribution in [1.82, 2.24) is 5.32 Å². The smallest absolute Gasteiger partial charge is 0.0806 e. The van der Waals surface area contributed by atoms with Crippen molar-refractivity contribution < 1.29 is 4.74 Å². The summed E-state index contributed by atoms with van der Waals surface area (Å²) in [4.78, 5) is 0. The van der Waals surface area contributed by atoms with Crippen molar-refractivity contribution in [2.45, 2.75) is 71.3 Å². The summed E-state index contributed by atoms with van der Waals surface area (Å²) in [7, 11) is 0. The third-order valence-corrected chi connectivity index (χ3v) is 3.82. The molecule has 1 N–H and O–H groups in total. The number of nitrogens with one attached hydrogen (secondary N) is 1. The molecular formula is C15H31NO. The standard InChI is InChI=1S/C15H31NO/c1-4-16-13-15(17-12-9-14(2)3)10-7-5-6-8-11-15/h14,16H,4-13H2,1-3H3. The third-order valence-electron chi connectivity index (χ3n) is 3.82. The Morgan fingerprint density at radius 2 is 1.76 bits per heavy atom. The highest BCUT2D eigenvalue weighted by Gasteiger charge is 2.31. The zero-order chi connectivity index (χ0) is 12.6. The average Bonchev–Trinajstić information content (AvgIpc) is 2.52. The van der Waals surface area contributed by atoms with E-state index in [-0.39, 0.29) is 5.60 Å². The van der Waals surface area contributed by atoms with E-state index >= 15 is 0 Å². The lowest BCUT2D eigenvalue weighted by molar-refractivity contribution is -0.0581. The first kappa shape index (κ1) is 15.0. The van der Waals surface area contributed by atoms with Gasteiger partial charge in [0.15, 0.2) is 0 Å². The fraction of sp³-hybridized carbons (Fsp3) is 1.00. The maximum Gasteiger partial charge on any atom is 0.0806 e. The summed E-state index contributed by atoms with van der Waals surface area (Å²) in [6.45, 7) is 9.75. The average molecular weight is 241 g/mol. The molecule has 1 rings (SSSR count). The van der Waals surface area contributed by atoms with Crippen molar-refractivity contribution in [1.29, 1.82) is 0 Å². The maximum absolute atomic E-state index is 6.30. The van der Waals surface area contributed by atoms with Crippen molar-refractivity contribution in [3.05, 3.63) is 0 Å². The van der Waals surface area contributed by atoms with E-state index in [9.17, 15) is 0 Å². The van der Waals surface area contributed by atoms with Crippen LogP contribution in [0.2, 0.25) is 0 Å². The Kier molecular flexibility index (Phi) is 7.14. The SMILES string of the molecule is CCNCC1(OCCC(C)C)CCCCCC1. The summed E-state index contributed by atoms with van der Waals surface area (Å²) in [5.41, 5.74) is 0.140. The molecule has 102 valence electrons. The van der Waals surface area contributed by atoms with Crippen LogP contribution in [0.3, 0.4) is 0 Å². The van der Waals surface area contributed by atoms with Gasteiger partial charge in [-0.15, -0.1) is 0 Å². The Balaban J connectivity index is 2.44. The Hall–Kier alpha value is -0.0800. The van der Waals surface area contributed by atoms with Crippen molar-refractivity contribution in [2.75, 3.05) is 19.7 Å². The van der Waals surface area contributed by atoms with Crippen LogP contribution in [-0.2, 0) is 4.74 Å². The van der Waals surface area contributed by atoms with Crippen LogP contribution in [-0.4, -0.2) is 25.3 Å². The predicted octanol–water partition coefficient (Wildman–Crippen LogP) is 3.75. The molecular weight excluding hydrogens is 210 g/mol. The van der Waals surface area contributed by atoms with Crippen LogP contribution in [0.25, 0.3) is 0 Å². The topological polar surface area (TPSA) is 21.3 Å². The molecule has 0 atom stereocenters. The van der Waals surface area contributed by atoms with Crippen molar-refractivity contribution in [3.63, 3.8) is 0 Å². The highest BCUT2D eigenvalue weighted by molar-refractivity contribution is 4.85. The quantitative estimate of drug-likeness (QED) is 0.685. The van der Waals surface area contributed by atoms with E-state index in [0.29, 0.717) is 0 Å². The molecule has 0 aliphatic heterocycles. The molecule has 0 aromatic rings. The van der Waals surface area contributed by atoms with Gasteiger partial charge in [0, 0.05) is 13.2 Å². The van der Waals surface area contributed by atoms with E-state index in [4.69, 9.17) is 4.74 Å². The number of hydrogen-bond acceptors (Lipinski definition) is 2. The summed E-state index contributed by atoms with van der Waals surface area (Å²) in [5, 5.41) is 3.50. The van der Waals surface area contributed by atoms with Gasteiger partial charge in [-0.25, -0.2) is 0 Å². The molecule has 1 aliphatic carbocycles. The highest BCUT2D eigenvalue weighted by Crippen LogP contribution is 2.30. The van der Waals surface area contributed by atoms with Crippen LogP contribution < -0.4 is 5.32 Å². The van der Waals surface area contributed by atoms with Crippen molar-refractivity contribution in [2.24, 2.45) is 5.92 Å². The molecule has 1 saturated carbocycles. The molecule has 2 nitrogen and oxygen atoms in total. The van der Waals surface area contributed by atoms with E-state index in [1.54, 1.807) is 0 Å². The van der Waals surface area contributed by atoms with Crippen LogP contribution in [0.1, 0.15) is 65.7 Å². The first-order valence-electron chi connectivity index (χ1n) is 7.53. The second kappa shape index (κ2) is 8.10. The summed E-state index contributed by atoms with van der Waals surface area (Å²) < 4.78 is 6.30. The number of rotatable bonds is 7. The van der Waals surface area contributed by atoms with E-state index in [1.165, 1.54) is 44.9 Å². The molecule has 1 fully saturated rings. The molecule has 0 aromatic heterocycles. The number of ether oxygens (including phenoxy) is 1. The lowest BCUT2D eigenvalue weighted by Crippen LogP contribution is -2.43.